The number of carbonyl (C=O) groups excluding carboxylic acids is 1. The molecule has 1 saturated heterocycles. The molecule has 1 aliphatic heterocycles. The highest BCUT2D eigenvalue weighted by molar-refractivity contribution is 7.07. The quantitative estimate of drug-likeness (QED) is 0.786. The number of hydrogen-bond donors (Lipinski definition) is 1. The first-order valence-corrected chi connectivity index (χ1v) is 5.79. The molecule has 2 heterocycles. The summed E-state index contributed by atoms with van der Waals surface area (Å²) < 4.78 is 8.73. The van der Waals surface area contributed by atoms with Crippen LogP contribution in [0.15, 0.2) is 0 Å². The number of rotatable bonds is 2. The number of aliphatic carboxylic acids is 1. The van der Waals surface area contributed by atoms with E-state index in [0.717, 1.165) is 11.5 Å². The molecule has 2 rings (SSSR count). The standard InChI is InChI=1S/C9H11N3O4S/c1-5-7(17-11-10-5)8(13)12-2-3-16-6(4-12)9(14)15/h6H,2-4H2,1H3,(H,14,15). The van der Waals surface area contributed by atoms with Crippen molar-refractivity contribution < 1.29 is 19.4 Å². The van der Waals surface area contributed by atoms with Crippen LogP contribution in [0.2, 0.25) is 0 Å². The van der Waals surface area contributed by atoms with Crippen molar-refractivity contribution >= 4 is 23.4 Å². The monoisotopic (exact) mass is 257 g/mol. The van der Waals surface area contributed by atoms with Crippen LogP contribution in [-0.4, -0.2) is 57.3 Å². The van der Waals surface area contributed by atoms with E-state index in [1.807, 2.05) is 0 Å². The molecule has 7 nitrogen and oxygen atoms in total. The van der Waals surface area contributed by atoms with Crippen LogP contribution in [0.5, 0.6) is 0 Å². The fourth-order valence-electron chi connectivity index (χ4n) is 1.55. The molecular formula is C9H11N3O4S. The molecule has 0 aliphatic carbocycles. The first kappa shape index (κ1) is 11.9. The highest BCUT2D eigenvalue weighted by Gasteiger charge is 2.30. The molecular weight excluding hydrogens is 246 g/mol. The zero-order valence-electron chi connectivity index (χ0n) is 9.12. The Labute approximate surface area is 101 Å². The zero-order chi connectivity index (χ0) is 12.4. The molecule has 8 heteroatoms. The number of aromatic nitrogens is 2. The average Bonchev–Trinajstić information content (AvgIpc) is 2.74. The SMILES string of the molecule is Cc1nnsc1C(=O)N1CCOC(C(=O)O)C1. The second kappa shape index (κ2) is 4.76. The number of carboxylic acid groups (broad SMARTS) is 1. The van der Waals surface area contributed by atoms with E-state index in [-0.39, 0.29) is 19.1 Å². The molecule has 1 N–H and O–H groups in total. The topological polar surface area (TPSA) is 92.6 Å². The number of carbonyl (C=O) groups is 2. The molecule has 17 heavy (non-hydrogen) atoms. The number of aryl methyl sites for hydroxylation is 1. The van der Waals surface area contributed by atoms with E-state index >= 15 is 0 Å². The third kappa shape index (κ3) is 2.42. The molecule has 0 saturated carbocycles. The van der Waals surface area contributed by atoms with Crippen molar-refractivity contribution in [2.24, 2.45) is 0 Å². The Kier molecular flexibility index (Phi) is 3.34. The Morgan fingerprint density at radius 2 is 2.35 bits per heavy atom. The number of morpholine rings is 1. The van der Waals surface area contributed by atoms with E-state index in [9.17, 15) is 9.59 Å². The van der Waals surface area contributed by atoms with Gasteiger partial charge in [0.2, 0.25) is 0 Å². The van der Waals surface area contributed by atoms with Gasteiger partial charge in [-0.15, -0.1) is 5.10 Å². The van der Waals surface area contributed by atoms with Gasteiger partial charge in [0.1, 0.15) is 4.88 Å². The van der Waals surface area contributed by atoms with Crippen LogP contribution in [0.3, 0.4) is 0 Å². The minimum atomic E-state index is -1.05. The van der Waals surface area contributed by atoms with Crippen molar-refractivity contribution in [2.75, 3.05) is 19.7 Å². The normalized spacial score (nSPS) is 20.3. The van der Waals surface area contributed by atoms with Crippen molar-refractivity contribution in [1.29, 1.82) is 0 Å². The van der Waals surface area contributed by atoms with Gasteiger partial charge < -0.3 is 14.7 Å². The lowest BCUT2D eigenvalue weighted by molar-refractivity contribution is -0.154. The van der Waals surface area contributed by atoms with Crippen LogP contribution in [0.25, 0.3) is 0 Å². The third-order valence-electron chi connectivity index (χ3n) is 2.47. The first-order chi connectivity index (χ1) is 8.09. The first-order valence-electron chi connectivity index (χ1n) is 5.02. The van der Waals surface area contributed by atoms with E-state index in [1.54, 1.807) is 6.92 Å². The van der Waals surface area contributed by atoms with Gasteiger partial charge in [-0.25, -0.2) is 4.79 Å². The minimum absolute atomic E-state index is 0.0610. The summed E-state index contributed by atoms with van der Waals surface area (Å²) in [5.74, 6) is -1.28. The van der Waals surface area contributed by atoms with E-state index in [4.69, 9.17) is 9.84 Å². The molecule has 0 aromatic carbocycles. The summed E-state index contributed by atoms with van der Waals surface area (Å²) in [7, 11) is 0. The minimum Gasteiger partial charge on any atom is -0.479 e. The van der Waals surface area contributed by atoms with Gasteiger partial charge >= 0.3 is 5.97 Å². The lowest BCUT2D eigenvalue weighted by Crippen LogP contribution is -2.48. The van der Waals surface area contributed by atoms with Gasteiger partial charge in [0.05, 0.1) is 18.8 Å². The highest BCUT2D eigenvalue weighted by atomic mass is 32.1. The number of hydrogen-bond acceptors (Lipinski definition) is 6. The van der Waals surface area contributed by atoms with Crippen molar-refractivity contribution in [2.45, 2.75) is 13.0 Å². The smallest absolute Gasteiger partial charge is 0.334 e. The number of amides is 1. The predicted molar refractivity (Wildman–Crippen MR) is 57.9 cm³/mol. The third-order valence-corrected chi connectivity index (χ3v) is 3.29. The summed E-state index contributed by atoms with van der Waals surface area (Å²) in [4.78, 5) is 24.8. The molecule has 1 fully saturated rings. The molecule has 1 aliphatic rings. The summed E-state index contributed by atoms with van der Waals surface area (Å²) in [6, 6.07) is 0. The van der Waals surface area contributed by atoms with Crippen LogP contribution in [0, 0.1) is 6.92 Å². The molecule has 1 amide bonds. The van der Waals surface area contributed by atoms with E-state index in [1.165, 1.54) is 4.90 Å². The van der Waals surface area contributed by atoms with Gasteiger partial charge in [0.25, 0.3) is 5.91 Å². The molecule has 1 aromatic rings. The maximum absolute atomic E-state index is 12.1. The lowest BCUT2D eigenvalue weighted by Gasteiger charge is -2.30. The van der Waals surface area contributed by atoms with E-state index in [2.05, 4.69) is 9.59 Å². The predicted octanol–water partition coefficient (Wildman–Crippen LogP) is -0.228. The van der Waals surface area contributed by atoms with E-state index < -0.39 is 12.1 Å². The second-order valence-electron chi connectivity index (χ2n) is 3.64. The lowest BCUT2D eigenvalue weighted by atomic mass is 10.2. The maximum Gasteiger partial charge on any atom is 0.334 e. The van der Waals surface area contributed by atoms with Crippen LogP contribution in [-0.2, 0) is 9.53 Å². The van der Waals surface area contributed by atoms with Gasteiger partial charge in [-0.1, -0.05) is 4.49 Å². The molecule has 1 unspecified atom stereocenters. The Morgan fingerprint density at radius 3 is 2.94 bits per heavy atom. The molecule has 1 atom stereocenters. The van der Waals surface area contributed by atoms with Crippen molar-refractivity contribution in [1.82, 2.24) is 14.5 Å². The van der Waals surface area contributed by atoms with Gasteiger partial charge in [0.15, 0.2) is 6.10 Å². The van der Waals surface area contributed by atoms with Crippen LogP contribution >= 0.6 is 11.5 Å². The Bertz CT molecular complexity index is 447. The second-order valence-corrected chi connectivity index (χ2v) is 4.39. The Balaban J connectivity index is 2.10. The maximum atomic E-state index is 12.1. The Morgan fingerprint density at radius 1 is 1.59 bits per heavy atom. The number of nitrogens with zero attached hydrogens (tertiary/aromatic N) is 3. The fourth-order valence-corrected chi connectivity index (χ4v) is 2.18. The molecule has 0 spiro atoms. The zero-order valence-corrected chi connectivity index (χ0v) is 9.94. The van der Waals surface area contributed by atoms with Crippen LogP contribution < -0.4 is 0 Å². The van der Waals surface area contributed by atoms with Crippen LogP contribution in [0.4, 0.5) is 0 Å². The summed E-state index contributed by atoms with van der Waals surface area (Å²) in [5.41, 5.74) is 0.568. The summed E-state index contributed by atoms with van der Waals surface area (Å²) in [6.45, 7) is 2.38. The van der Waals surface area contributed by atoms with Gasteiger partial charge in [-0.3, -0.25) is 4.79 Å². The van der Waals surface area contributed by atoms with E-state index in [0.29, 0.717) is 17.1 Å². The Hall–Kier alpha value is -1.54. The van der Waals surface area contributed by atoms with Gasteiger partial charge in [-0.2, -0.15) is 0 Å². The largest absolute Gasteiger partial charge is 0.479 e. The van der Waals surface area contributed by atoms with Crippen molar-refractivity contribution in [3.63, 3.8) is 0 Å². The summed E-state index contributed by atoms with van der Waals surface area (Å²) in [6.07, 6.45) is -0.950. The fraction of sp³-hybridized carbons (Fsp3) is 0.556. The van der Waals surface area contributed by atoms with Crippen molar-refractivity contribution in [3.8, 4) is 0 Å². The van der Waals surface area contributed by atoms with Gasteiger partial charge in [0, 0.05) is 6.54 Å². The molecule has 0 bridgehead atoms. The number of carboxylic acids is 1. The highest BCUT2D eigenvalue weighted by Crippen LogP contribution is 2.15. The number of ether oxygens (including phenoxy) is 1. The summed E-state index contributed by atoms with van der Waals surface area (Å²) in [5, 5.41) is 12.6. The van der Waals surface area contributed by atoms with Crippen molar-refractivity contribution in [3.05, 3.63) is 10.6 Å². The molecule has 0 radical (unpaired) electrons. The molecule has 1 aromatic heterocycles. The average molecular weight is 257 g/mol. The van der Waals surface area contributed by atoms with Crippen LogP contribution in [0.1, 0.15) is 15.4 Å². The van der Waals surface area contributed by atoms with Gasteiger partial charge in [-0.05, 0) is 18.5 Å². The summed E-state index contributed by atoms with van der Waals surface area (Å²) >= 11 is 1.02. The molecule has 92 valence electrons.